The van der Waals surface area contributed by atoms with Crippen molar-refractivity contribution in [1.82, 2.24) is 4.98 Å². The van der Waals surface area contributed by atoms with Gasteiger partial charge in [0.1, 0.15) is 0 Å². The highest BCUT2D eigenvalue weighted by molar-refractivity contribution is 9.10. The molecule has 0 aliphatic rings. The Kier molecular flexibility index (Phi) is 4.51. The van der Waals surface area contributed by atoms with E-state index in [9.17, 15) is 5.11 Å². The van der Waals surface area contributed by atoms with Gasteiger partial charge in [-0.25, -0.2) is 0 Å². The zero-order valence-corrected chi connectivity index (χ0v) is 9.86. The van der Waals surface area contributed by atoms with E-state index < -0.39 is 6.10 Å². The number of halogens is 1. The number of ether oxygens (including phenoxy) is 1. The smallest absolute Gasteiger partial charge is 0.0839 e. The first kappa shape index (κ1) is 11.6. The lowest BCUT2D eigenvalue weighted by Gasteiger charge is -2.16. The molecule has 0 aromatic carbocycles. The van der Waals surface area contributed by atoms with Crippen LogP contribution in [0, 0.1) is 0 Å². The van der Waals surface area contributed by atoms with Crippen LogP contribution >= 0.6 is 15.9 Å². The fourth-order valence-electron chi connectivity index (χ4n) is 1.13. The summed E-state index contributed by atoms with van der Waals surface area (Å²) in [6.07, 6.45) is 3.37. The van der Waals surface area contributed by atoms with E-state index in [1.165, 1.54) is 0 Å². The molecule has 0 amide bonds. The molecule has 1 aromatic rings. The molecule has 0 radical (unpaired) electrons. The van der Waals surface area contributed by atoms with E-state index in [0.717, 1.165) is 10.0 Å². The van der Waals surface area contributed by atoms with Crippen LogP contribution in [-0.2, 0) is 11.2 Å². The van der Waals surface area contributed by atoms with Gasteiger partial charge in [-0.2, -0.15) is 0 Å². The van der Waals surface area contributed by atoms with Crippen molar-refractivity contribution in [1.29, 1.82) is 0 Å². The average Bonchev–Trinajstić information content (AvgIpc) is 2.16. The molecule has 0 bridgehead atoms. The van der Waals surface area contributed by atoms with Gasteiger partial charge in [-0.3, -0.25) is 4.98 Å². The van der Waals surface area contributed by atoms with Crippen molar-refractivity contribution in [2.45, 2.75) is 25.6 Å². The summed E-state index contributed by atoms with van der Waals surface area (Å²) >= 11 is 3.33. The highest BCUT2D eigenvalue weighted by Crippen LogP contribution is 2.12. The number of aliphatic hydroxyl groups excluding tert-OH is 1. The Balaban J connectivity index is 2.60. The summed E-state index contributed by atoms with van der Waals surface area (Å²) < 4.78 is 5.96. The second kappa shape index (κ2) is 5.44. The quantitative estimate of drug-likeness (QED) is 0.897. The first-order chi connectivity index (χ1) is 6.63. The van der Waals surface area contributed by atoms with Gasteiger partial charge in [0.25, 0.3) is 0 Å². The minimum Gasteiger partial charge on any atom is -0.390 e. The van der Waals surface area contributed by atoms with Crippen LogP contribution in [0.3, 0.4) is 0 Å². The molecule has 4 heteroatoms. The van der Waals surface area contributed by atoms with Crippen molar-refractivity contribution >= 4 is 15.9 Å². The van der Waals surface area contributed by atoms with Gasteiger partial charge in [-0.15, -0.1) is 0 Å². The number of pyridine rings is 1. The first-order valence-electron chi connectivity index (χ1n) is 4.43. The average molecular weight is 260 g/mol. The number of hydrogen-bond acceptors (Lipinski definition) is 3. The SMILES string of the molecule is COC(C)C(O)Cc1cncc(Br)c1. The molecule has 0 saturated carbocycles. The maximum Gasteiger partial charge on any atom is 0.0839 e. The molecule has 14 heavy (non-hydrogen) atoms. The Hall–Kier alpha value is -0.450. The molecule has 0 spiro atoms. The van der Waals surface area contributed by atoms with E-state index in [0.29, 0.717) is 6.42 Å². The lowest BCUT2D eigenvalue weighted by Crippen LogP contribution is -2.26. The highest BCUT2D eigenvalue weighted by Gasteiger charge is 2.13. The van der Waals surface area contributed by atoms with E-state index in [2.05, 4.69) is 20.9 Å². The molecule has 2 unspecified atom stereocenters. The van der Waals surface area contributed by atoms with Gasteiger partial charge >= 0.3 is 0 Å². The van der Waals surface area contributed by atoms with Crippen LogP contribution in [0.15, 0.2) is 22.9 Å². The van der Waals surface area contributed by atoms with Crippen LogP contribution in [0.5, 0.6) is 0 Å². The topological polar surface area (TPSA) is 42.4 Å². The monoisotopic (exact) mass is 259 g/mol. The second-order valence-electron chi connectivity index (χ2n) is 3.22. The van der Waals surface area contributed by atoms with Gasteiger partial charge in [-0.1, -0.05) is 0 Å². The standard InChI is InChI=1S/C10H14BrNO2/c1-7(14-2)10(13)4-8-3-9(11)6-12-5-8/h3,5-7,10,13H,4H2,1-2H3. The Labute approximate surface area is 92.3 Å². The van der Waals surface area contributed by atoms with Crippen LogP contribution in [0.1, 0.15) is 12.5 Å². The maximum absolute atomic E-state index is 9.69. The molecule has 0 aliphatic heterocycles. The predicted octanol–water partition coefficient (Wildman–Crippen LogP) is 1.78. The van der Waals surface area contributed by atoms with Crippen molar-refractivity contribution in [2.75, 3.05) is 7.11 Å². The third-order valence-corrected chi connectivity index (χ3v) is 2.55. The van der Waals surface area contributed by atoms with Crippen molar-refractivity contribution in [3.05, 3.63) is 28.5 Å². The molecule has 2 atom stereocenters. The first-order valence-corrected chi connectivity index (χ1v) is 5.23. The predicted molar refractivity (Wildman–Crippen MR) is 58.1 cm³/mol. The van der Waals surface area contributed by atoms with Gasteiger partial charge in [0, 0.05) is 30.4 Å². The number of rotatable bonds is 4. The summed E-state index contributed by atoms with van der Waals surface area (Å²) in [7, 11) is 1.59. The molecular formula is C10H14BrNO2. The van der Waals surface area contributed by atoms with E-state index in [1.54, 1.807) is 19.5 Å². The summed E-state index contributed by atoms with van der Waals surface area (Å²) in [5, 5.41) is 9.69. The Morgan fingerprint density at radius 2 is 2.29 bits per heavy atom. The Bertz CT molecular complexity index is 293. The molecule has 1 rings (SSSR count). The van der Waals surface area contributed by atoms with Gasteiger partial charge in [0.2, 0.25) is 0 Å². The summed E-state index contributed by atoms with van der Waals surface area (Å²) in [5.41, 5.74) is 0.996. The lowest BCUT2D eigenvalue weighted by molar-refractivity contribution is 0.000367. The van der Waals surface area contributed by atoms with Crippen LogP contribution in [0.25, 0.3) is 0 Å². The summed E-state index contributed by atoms with van der Waals surface area (Å²) in [6, 6.07) is 1.94. The third kappa shape index (κ3) is 3.36. The maximum atomic E-state index is 9.69. The molecule has 3 nitrogen and oxygen atoms in total. The van der Waals surface area contributed by atoms with Crippen LogP contribution in [-0.4, -0.2) is 29.4 Å². The number of methoxy groups -OCH3 is 1. The number of hydrogen-bond donors (Lipinski definition) is 1. The zero-order valence-electron chi connectivity index (χ0n) is 8.27. The highest BCUT2D eigenvalue weighted by atomic mass is 79.9. The third-order valence-electron chi connectivity index (χ3n) is 2.12. The van der Waals surface area contributed by atoms with Crippen molar-refractivity contribution in [2.24, 2.45) is 0 Å². The van der Waals surface area contributed by atoms with Crippen LogP contribution in [0.4, 0.5) is 0 Å². The van der Waals surface area contributed by atoms with Gasteiger partial charge in [0.05, 0.1) is 12.2 Å². The van der Waals surface area contributed by atoms with Gasteiger partial charge in [-0.05, 0) is 34.5 Å². The molecule has 0 aliphatic carbocycles. The molecule has 1 heterocycles. The van der Waals surface area contributed by atoms with E-state index in [4.69, 9.17) is 4.74 Å². The fraction of sp³-hybridized carbons (Fsp3) is 0.500. The minimum atomic E-state index is -0.490. The molecule has 0 saturated heterocycles. The van der Waals surface area contributed by atoms with Crippen LogP contribution in [0.2, 0.25) is 0 Å². The normalized spacial score (nSPS) is 15.1. The molecule has 78 valence electrons. The van der Waals surface area contributed by atoms with Crippen molar-refractivity contribution < 1.29 is 9.84 Å². The fourth-order valence-corrected chi connectivity index (χ4v) is 1.54. The summed E-state index contributed by atoms with van der Waals surface area (Å²) in [6.45, 7) is 1.84. The van der Waals surface area contributed by atoms with Gasteiger partial charge < -0.3 is 9.84 Å². The van der Waals surface area contributed by atoms with E-state index in [-0.39, 0.29) is 6.10 Å². The van der Waals surface area contributed by atoms with Crippen LogP contribution < -0.4 is 0 Å². The Morgan fingerprint density at radius 1 is 1.57 bits per heavy atom. The van der Waals surface area contributed by atoms with Gasteiger partial charge in [0.15, 0.2) is 0 Å². The number of aliphatic hydroxyl groups is 1. The van der Waals surface area contributed by atoms with Crippen molar-refractivity contribution in [3.63, 3.8) is 0 Å². The zero-order chi connectivity index (χ0) is 10.6. The van der Waals surface area contributed by atoms with Crippen molar-refractivity contribution in [3.8, 4) is 0 Å². The number of nitrogens with zero attached hydrogens (tertiary/aromatic N) is 1. The molecule has 0 fully saturated rings. The lowest BCUT2D eigenvalue weighted by atomic mass is 10.1. The van der Waals surface area contributed by atoms with E-state index in [1.807, 2.05) is 13.0 Å². The second-order valence-corrected chi connectivity index (χ2v) is 4.14. The number of aromatic nitrogens is 1. The molecule has 1 aromatic heterocycles. The minimum absolute atomic E-state index is 0.158. The largest absolute Gasteiger partial charge is 0.390 e. The molecular weight excluding hydrogens is 246 g/mol. The summed E-state index contributed by atoms with van der Waals surface area (Å²) in [4.78, 5) is 4.02. The summed E-state index contributed by atoms with van der Waals surface area (Å²) in [5.74, 6) is 0. The van der Waals surface area contributed by atoms with E-state index >= 15 is 0 Å². The molecule has 1 N–H and O–H groups in total. The Morgan fingerprint density at radius 3 is 2.86 bits per heavy atom.